The number of aryl methyl sites for hydroxylation is 1. The van der Waals surface area contributed by atoms with Crippen molar-refractivity contribution in [2.45, 2.75) is 20.4 Å². The average molecular weight is 276 g/mol. The van der Waals surface area contributed by atoms with Crippen LogP contribution in [0.1, 0.15) is 28.1 Å². The predicted molar refractivity (Wildman–Crippen MR) is 76.4 cm³/mol. The molecule has 2 aromatic heterocycles. The minimum absolute atomic E-state index is 0.189. The lowest BCUT2D eigenvalue weighted by Crippen LogP contribution is -2.24. The molecule has 0 atom stereocenters. The van der Waals surface area contributed by atoms with Crippen molar-refractivity contribution >= 4 is 23.1 Å². The molecule has 0 aliphatic rings. The number of amides is 1. The van der Waals surface area contributed by atoms with E-state index in [0.717, 1.165) is 17.2 Å². The fraction of sp³-hybridized carbons (Fsp3) is 0.308. The Bertz CT molecular complexity index is 567. The molecule has 0 unspecified atom stereocenters. The third-order valence-electron chi connectivity index (χ3n) is 2.44. The van der Waals surface area contributed by atoms with Crippen LogP contribution in [0.5, 0.6) is 0 Å². The minimum atomic E-state index is -0.189. The summed E-state index contributed by atoms with van der Waals surface area (Å²) in [5, 5.41) is 8.83. The monoisotopic (exact) mass is 276 g/mol. The van der Waals surface area contributed by atoms with Gasteiger partial charge in [-0.15, -0.1) is 11.3 Å². The Hall–Kier alpha value is -1.95. The molecule has 0 saturated carbocycles. The molecule has 0 aliphatic carbocycles. The normalized spacial score (nSPS) is 10.2. The van der Waals surface area contributed by atoms with Gasteiger partial charge in [0.25, 0.3) is 5.91 Å². The van der Waals surface area contributed by atoms with Gasteiger partial charge in [0, 0.05) is 11.9 Å². The van der Waals surface area contributed by atoms with Crippen LogP contribution in [0.25, 0.3) is 0 Å². The molecule has 2 N–H and O–H groups in total. The lowest BCUT2D eigenvalue weighted by atomic mass is 10.3. The summed E-state index contributed by atoms with van der Waals surface area (Å²) in [4.78, 5) is 20.5. The third-order valence-corrected chi connectivity index (χ3v) is 3.26. The molecule has 2 heterocycles. The molecule has 0 radical (unpaired) electrons. The van der Waals surface area contributed by atoms with Crippen molar-refractivity contribution in [3.63, 3.8) is 0 Å². The van der Waals surface area contributed by atoms with Crippen molar-refractivity contribution in [2.24, 2.45) is 0 Å². The van der Waals surface area contributed by atoms with Gasteiger partial charge in [-0.1, -0.05) is 6.07 Å². The van der Waals surface area contributed by atoms with E-state index in [9.17, 15) is 4.79 Å². The number of rotatable bonds is 5. The summed E-state index contributed by atoms with van der Waals surface area (Å²) >= 11 is 1.57. The quantitative estimate of drug-likeness (QED) is 0.878. The van der Waals surface area contributed by atoms with Crippen LogP contribution in [0.2, 0.25) is 0 Å². The topological polar surface area (TPSA) is 66.9 Å². The second kappa shape index (κ2) is 6.29. The molecule has 0 aromatic carbocycles. The molecule has 2 aromatic rings. The lowest BCUT2D eigenvalue weighted by Gasteiger charge is -2.05. The van der Waals surface area contributed by atoms with E-state index in [0.29, 0.717) is 18.1 Å². The summed E-state index contributed by atoms with van der Waals surface area (Å²) < 4.78 is 0. The maximum atomic E-state index is 12.0. The molecule has 5 nitrogen and oxygen atoms in total. The van der Waals surface area contributed by atoms with E-state index < -0.39 is 0 Å². The smallest absolute Gasteiger partial charge is 0.270 e. The van der Waals surface area contributed by atoms with Crippen LogP contribution in [-0.2, 0) is 6.54 Å². The summed E-state index contributed by atoms with van der Waals surface area (Å²) in [5.41, 5.74) is 1.28. The van der Waals surface area contributed by atoms with E-state index in [1.54, 1.807) is 17.4 Å². The van der Waals surface area contributed by atoms with Crippen molar-refractivity contribution in [3.8, 4) is 0 Å². The summed E-state index contributed by atoms with van der Waals surface area (Å²) in [5.74, 6) is 0.519. The molecule has 19 heavy (non-hydrogen) atoms. The zero-order valence-corrected chi connectivity index (χ0v) is 11.8. The van der Waals surface area contributed by atoms with Crippen LogP contribution < -0.4 is 10.6 Å². The average Bonchev–Trinajstić information content (AvgIpc) is 2.82. The first-order valence-electron chi connectivity index (χ1n) is 6.09. The van der Waals surface area contributed by atoms with Crippen LogP contribution in [-0.4, -0.2) is 22.4 Å². The van der Waals surface area contributed by atoms with Gasteiger partial charge in [0.2, 0.25) is 0 Å². The zero-order valence-electron chi connectivity index (χ0n) is 10.9. The number of hydrogen-bond acceptors (Lipinski definition) is 5. The van der Waals surface area contributed by atoms with Gasteiger partial charge < -0.3 is 10.6 Å². The van der Waals surface area contributed by atoms with Crippen molar-refractivity contribution in [1.29, 1.82) is 0 Å². The van der Waals surface area contributed by atoms with E-state index in [1.807, 2.05) is 31.4 Å². The highest BCUT2D eigenvalue weighted by molar-refractivity contribution is 7.09. The Morgan fingerprint density at radius 3 is 2.89 bits per heavy atom. The number of thiazole rings is 1. The number of aromatic nitrogens is 2. The van der Waals surface area contributed by atoms with Gasteiger partial charge in [0.15, 0.2) is 0 Å². The largest absolute Gasteiger partial charge is 0.370 e. The molecule has 100 valence electrons. The second-order valence-electron chi connectivity index (χ2n) is 3.98. The van der Waals surface area contributed by atoms with Gasteiger partial charge in [-0.05, 0) is 26.0 Å². The molecular formula is C13H16N4OS. The molecule has 0 aliphatic heterocycles. The van der Waals surface area contributed by atoms with Crippen LogP contribution >= 0.6 is 11.3 Å². The number of nitrogens with one attached hydrogen (secondary N) is 2. The fourth-order valence-corrected chi connectivity index (χ4v) is 2.20. The first-order chi connectivity index (χ1) is 9.19. The first-order valence-corrected chi connectivity index (χ1v) is 6.97. The highest BCUT2D eigenvalue weighted by Crippen LogP contribution is 2.08. The molecule has 6 heteroatoms. The summed E-state index contributed by atoms with van der Waals surface area (Å²) in [6.45, 7) is 5.13. The Morgan fingerprint density at radius 2 is 2.21 bits per heavy atom. The van der Waals surface area contributed by atoms with E-state index in [1.165, 1.54) is 0 Å². The van der Waals surface area contributed by atoms with Gasteiger partial charge in [-0.25, -0.2) is 9.97 Å². The van der Waals surface area contributed by atoms with Crippen LogP contribution in [0.3, 0.4) is 0 Å². The summed E-state index contributed by atoms with van der Waals surface area (Å²) in [7, 11) is 0. The Kier molecular flexibility index (Phi) is 4.46. The third kappa shape index (κ3) is 3.75. The van der Waals surface area contributed by atoms with Crippen molar-refractivity contribution in [2.75, 3.05) is 11.9 Å². The first kappa shape index (κ1) is 13.5. The molecular weight excluding hydrogens is 260 g/mol. The minimum Gasteiger partial charge on any atom is -0.370 e. The van der Waals surface area contributed by atoms with Crippen LogP contribution in [0.4, 0.5) is 5.82 Å². The second-order valence-corrected chi connectivity index (χ2v) is 5.04. The number of carbonyl (C=O) groups is 1. The lowest BCUT2D eigenvalue weighted by molar-refractivity contribution is 0.0945. The van der Waals surface area contributed by atoms with E-state index in [4.69, 9.17) is 0 Å². The number of anilines is 1. The van der Waals surface area contributed by atoms with Crippen LogP contribution in [0.15, 0.2) is 23.6 Å². The van der Waals surface area contributed by atoms with E-state index in [-0.39, 0.29) is 5.91 Å². The molecule has 0 bridgehead atoms. The van der Waals surface area contributed by atoms with Gasteiger partial charge >= 0.3 is 0 Å². The molecule has 1 amide bonds. The molecule has 0 saturated heterocycles. The summed E-state index contributed by atoms with van der Waals surface area (Å²) in [6, 6.07) is 5.35. The standard InChI is InChI=1S/C13H16N4OS/c1-3-14-12-6-4-5-11(17-12)13(18)15-7-10-8-19-9(2)16-10/h4-6,8H,3,7H2,1-2H3,(H,14,17)(H,15,18). The number of nitrogens with zero attached hydrogens (tertiary/aromatic N) is 2. The Labute approximate surface area is 116 Å². The van der Waals surface area contributed by atoms with E-state index >= 15 is 0 Å². The van der Waals surface area contributed by atoms with Crippen molar-refractivity contribution in [1.82, 2.24) is 15.3 Å². The van der Waals surface area contributed by atoms with E-state index in [2.05, 4.69) is 20.6 Å². The maximum absolute atomic E-state index is 12.0. The molecule has 0 fully saturated rings. The molecule has 2 rings (SSSR count). The highest BCUT2D eigenvalue weighted by Gasteiger charge is 2.08. The van der Waals surface area contributed by atoms with Gasteiger partial charge in [0.05, 0.1) is 17.2 Å². The number of pyridine rings is 1. The highest BCUT2D eigenvalue weighted by atomic mass is 32.1. The predicted octanol–water partition coefficient (Wildman–Crippen LogP) is 2.21. The van der Waals surface area contributed by atoms with Gasteiger partial charge in [-0.3, -0.25) is 4.79 Å². The fourth-order valence-electron chi connectivity index (χ4n) is 1.59. The SMILES string of the molecule is CCNc1cccc(C(=O)NCc2csc(C)n2)n1. The number of hydrogen-bond donors (Lipinski definition) is 2. The zero-order chi connectivity index (χ0) is 13.7. The Morgan fingerprint density at radius 1 is 1.37 bits per heavy atom. The molecule has 0 spiro atoms. The van der Waals surface area contributed by atoms with Crippen molar-refractivity contribution < 1.29 is 4.79 Å². The Balaban J connectivity index is 1.97. The summed E-state index contributed by atoms with van der Waals surface area (Å²) in [6.07, 6.45) is 0. The number of carbonyl (C=O) groups excluding carboxylic acids is 1. The maximum Gasteiger partial charge on any atom is 0.270 e. The van der Waals surface area contributed by atoms with Gasteiger partial charge in [0.1, 0.15) is 11.5 Å². The van der Waals surface area contributed by atoms with Crippen LogP contribution in [0, 0.1) is 6.92 Å². The van der Waals surface area contributed by atoms with Crippen molar-refractivity contribution in [3.05, 3.63) is 40.0 Å². The van der Waals surface area contributed by atoms with Gasteiger partial charge in [-0.2, -0.15) is 0 Å².